The summed E-state index contributed by atoms with van der Waals surface area (Å²) in [5, 5.41) is 4.96. The number of hydrogen-bond acceptors (Lipinski definition) is 7. The van der Waals surface area contributed by atoms with E-state index in [1.165, 1.54) is 58.7 Å². The zero-order valence-corrected chi connectivity index (χ0v) is 52.1. The smallest absolute Gasteiger partial charge is 0.252 e. The van der Waals surface area contributed by atoms with Crippen LogP contribution in [-0.2, 0) is 0 Å². The predicted molar refractivity (Wildman–Crippen MR) is 397 cm³/mol. The number of rotatable bonds is 10. The highest BCUT2D eigenvalue weighted by molar-refractivity contribution is 7.26. The van der Waals surface area contributed by atoms with E-state index in [1.54, 1.807) is 0 Å². The lowest BCUT2D eigenvalue weighted by Gasteiger charge is -2.44. The van der Waals surface area contributed by atoms with Crippen LogP contribution < -0.4 is 26.2 Å². The van der Waals surface area contributed by atoms with E-state index in [0.29, 0.717) is 11.6 Å². The molecule has 0 aliphatic carbocycles. The third-order valence-corrected chi connectivity index (χ3v) is 20.2. The Kier molecular flexibility index (Phi) is 12.7. The lowest BCUT2D eigenvalue weighted by Crippen LogP contribution is -2.61. The molecule has 0 atom stereocenters. The molecule has 0 spiro atoms. The van der Waals surface area contributed by atoms with Crippen molar-refractivity contribution in [1.82, 2.24) is 24.5 Å². The van der Waals surface area contributed by atoms with Gasteiger partial charge in [-0.3, -0.25) is 0 Å². The van der Waals surface area contributed by atoms with Gasteiger partial charge in [-0.15, -0.1) is 11.3 Å². The zero-order chi connectivity index (χ0) is 62.5. The molecule has 0 saturated carbocycles. The predicted octanol–water partition coefficient (Wildman–Crippen LogP) is 20.5. The third-order valence-electron chi connectivity index (χ3n) is 19.0. The molecule has 4 aromatic heterocycles. The van der Waals surface area contributed by atoms with E-state index in [2.05, 4.69) is 318 Å². The van der Waals surface area contributed by atoms with E-state index < -0.39 is 0 Å². The van der Waals surface area contributed by atoms with E-state index in [9.17, 15) is 0 Å². The van der Waals surface area contributed by atoms with Crippen molar-refractivity contribution in [2.24, 2.45) is 0 Å². The van der Waals surface area contributed by atoms with Gasteiger partial charge in [0.1, 0.15) is 0 Å². The van der Waals surface area contributed by atoms with Gasteiger partial charge in [-0.05, 0) is 119 Å². The number of fused-ring (bicyclic) bond motifs is 11. The number of hydrogen-bond donors (Lipinski definition) is 0. The standard InChI is InChI=1S/C86H54BN7S/c1-6-24-56(25-7-1)70-53-72(90-85(88-70)58-28-10-3-11-29-58)60-46-48-75(94-74-38-20-16-35-66(74)82-78(94)49-47-65-64-34-17-23-41-81(64)95-84(65)82)67(50-60)73-54-71(57-26-8-2-9-27-57)89-86(91-73)59-44-42-55(43-45-59)61-51-79-83-80(52-61)93(63-32-14-5-15-33-63)77-40-22-19-37-69(77)87(83)68-36-18-21-39-76(68)92(79)62-30-12-4-13-31-62/h1-54H. The van der Waals surface area contributed by atoms with Gasteiger partial charge in [-0.2, -0.15) is 0 Å². The zero-order valence-electron chi connectivity index (χ0n) is 51.3. The molecule has 0 saturated heterocycles. The maximum absolute atomic E-state index is 5.74. The van der Waals surface area contributed by atoms with Crippen LogP contribution >= 0.6 is 11.3 Å². The average molecular weight is 1230 g/mol. The molecule has 17 aromatic rings. The molecule has 0 radical (unpaired) electrons. The molecule has 2 aliphatic rings. The van der Waals surface area contributed by atoms with Crippen LogP contribution in [0.4, 0.5) is 34.1 Å². The molecule has 19 rings (SSSR count). The highest BCUT2D eigenvalue weighted by Crippen LogP contribution is 2.48. The first-order chi connectivity index (χ1) is 47.1. The van der Waals surface area contributed by atoms with Gasteiger partial charge in [0.05, 0.1) is 39.5 Å². The average Bonchev–Trinajstić information content (AvgIpc) is 1.59. The molecule has 0 unspecified atom stereocenters. The number of thiophene rings is 1. The molecule has 0 fully saturated rings. The Bertz CT molecular complexity index is 5690. The van der Waals surface area contributed by atoms with Gasteiger partial charge in [0.25, 0.3) is 6.71 Å². The Morgan fingerprint density at radius 1 is 0.284 bits per heavy atom. The molecule has 0 amide bonds. The summed E-state index contributed by atoms with van der Waals surface area (Å²) in [6, 6.07) is 118. The summed E-state index contributed by atoms with van der Waals surface area (Å²) < 4.78 is 4.99. The molecule has 9 heteroatoms. The van der Waals surface area contributed by atoms with Gasteiger partial charge in [-0.1, -0.05) is 237 Å². The van der Waals surface area contributed by atoms with Crippen molar-refractivity contribution >= 4 is 111 Å². The molecule has 6 heterocycles. The van der Waals surface area contributed by atoms with Crippen LogP contribution in [0, 0.1) is 0 Å². The van der Waals surface area contributed by atoms with Crippen LogP contribution in [0.1, 0.15) is 0 Å². The summed E-state index contributed by atoms with van der Waals surface area (Å²) in [4.78, 5) is 26.8. The molecule has 13 aromatic carbocycles. The second-order valence-electron chi connectivity index (χ2n) is 24.4. The topological polar surface area (TPSA) is 63.0 Å². The number of aromatic nitrogens is 5. The Labute approximate surface area is 553 Å². The normalized spacial score (nSPS) is 12.4. The minimum Gasteiger partial charge on any atom is -0.311 e. The van der Waals surface area contributed by atoms with Crippen LogP contribution in [-0.4, -0.2) is 31.2 Å². The lowest BCUT2D eigenvalue weighted by atomic mass is 9.33. The number of benzene rings is 13. The molecule has 7 nitrogen and oxygen atoms in total. The first-order valence-corrected chi connectivity index (χ1v) is 33.0. The SMILES string of the molecule is c1ccc(-c2cc(-c3ccc(-n4c5ccccc5c5c6sc7ccccc7c6ccc54)c(-c4cc(-c5ccccc5)nc(-c5ccc(-c6cc7c8c(c6)N(c6ccccc6)c6ccccc6B8c6ccccc6N7c6ccccc6)cc5)n4)c3)nc(-c3ccccc3)n2)cc1. The van der Waals surface area contributed by atoms with Crippen molar-refractivity contribution in [3.05, 3.63) is 328 Å². The van der Waals surface area contributed by atoms with Crippen LogP contribution in [0.2, 0.25) is 0 Å². The maximum Gasteiger partial charge on any atom is 0.252 e. The second kappa shape index (κ2) is 22.2. The second-order valence-corrected chi connectivity index (χ2v) is 25.5. The summed E-state index contributed by atoms with van der Waals surface area (Å²) in [6.07, 6.45) is 0. The molecule has 0 N–H and O–H groups in total. The first kappa shape index (κ1) is 54.4. The van der Waals surface area contributed by atoms with Crippen LogP contribution in [0.5, 0.6) is 0 Å². The van der Waals surface area contributed by atoms with E-state index in [4.69, 9.17) is 19.9 Å². The molecule has 2 aliphatic heterocycles. The van der Waals surface area contributed by atoms with Crippen molar-refractivity contribution in [1.29, 1.82) is 0 Å². The summed E-state index contributed by atoms with van der Waals surface area (Å²) >= 11 is 1.86. The first-order valence-electron chi connectivity index (χ1n) is 32.2. The number of nitrogens with zero attached hydrogens (tertiary/aromatic N) is 7. The molecule has 95 heavy (non-hydrogen) atoms. The fourth-order valence-electron chi connectivity index (χ4n) is 14.7. The highest BCUT2D eigenvalue weighted by atomic mass is 32.1. The monoisotopic (exact) mass is 1230 g/mol. The van der Waals surface area contributed by atoms with Gasteiger partial charge in [0, 0.05) is 98.4 Å². The largest absolute Gasteiger partial charge is 0.311 e. The number of anilines is 6. The quantitative estimate of drug-likeness (QED) is 0.127. The van der Waals surface area contributed by atoms with Gasteiger partial charge in [0.15, 0.2) is 11.6 Å². The van der Waals surface area contributed by atoms with Gasteiger partial charge >= 0.3 is 0 Å². The fraction of sp³-hybridized carbons (Fsp3) is 0. The highest BCUT2D eigenvalue weighted by Gasteiger charge is 2.43. The Hall–Kier alpha value is -12.3. The van der Waals surface area contributed by atoms with E-state index in [1.807, 2.05) is 35.6 Å². The number of para-hydroxylation sites is 5. The minimum atomic E-state index is 0.0141. The van der Waals surface area contributed by atoms with Gasteiger partial charge in [-0.25, -0.2) is 19.9 Å². The summed E-state index contributed by atoms with van der Waals surface area (Å²) in [5.41, 5.74) is 25.0. The Morgan fingerprint density at radius 2 is 0.747 bits per heavy atom. The minimum absolute atomic E-state index is 0.0141. The van der Waals surface area contributed by atoms with E-state index >= 15 is 0 Å². The van der Waals surface area contributed by atoms with Crippen molar-refractivity contribution in [3.8, 4) is 84.6 Å². The molecular weight excluding hydrogens is 1170 g/mol. The van der Waals surface area contributed by atoms with Gasteiger partial charge < -0.3 is 14.4 Å². The summed E-state index contributed by atoms with van der Waals surface area (Å²) in [7, 11) is 0. The van der Waals surface area contributed by atoms with Crippen LogP contribution in [0.25, 0.3) is 127 Å². The fourth-order valence-corrected chi connectivity index (χ4v) is 16.0. The Balaban J connectivity index is 0.819. The van der Waals surface area contributed by atoms with Crippen LogP contribution in [0.15, 0.2) is 328 Å². The van der Waals surface area contributed by atoms with Crippen molar-refractivity contribution in [3.63, 3.8) is 0 Å². The maximum atomic E-state index is 5.74. The third kappa shape index (κ3) is 9.03. The Morgan fingerprint density at radius 3 is 1.36 bits per heavy atom. The van der Waals surface area contributed by atoms with E-state index in [0.717, 1.165) is 107 Å². The molecular formula is C86H54BN7S. The molecule has 0 bridgehead atoms. The van der Waals surface area contributed by atoms with Crippen molar-refractivity contribution in [2.45, 2.75) is 0 Å². The molecule has 442 valence electrons. The summed E-state index contributed by atoms with van der Waals surface area (Å²) in [6.45, 7) is 0.0141. The van der Waals surface area contributed by atoms with E-state index in [-0.39, 0.29) is 6.71 Å². The lowest BCUT2D eigenvalue weighted by molar-refractivity contribution is 1.15. The van der Waals surface area contributed by atoms with Crippen molar-refractivity contribution < 1.29 is 0 Å². The van der Waals surface area contributed by atoms with Crippen molar-refractivity contribution in [2.75, 3.05) is 9.80 Å². The van der Waals surface area contributed by atoms with Crippen LogP contribution in [0.3, 0.4) is 0 Å². The van der Waals surface area contributed by atoms with Gasteiger partial charge in [0.2, 0.25) is 0 Å². The summed E-state index contributed by atoms with van der Waals surface area (Å²) in [5.74, 6) is 1.26.